The van der Waals surface area contributed by atoms with E-state index in [0.717, 1.165) is 23.4 Å². The Kier molecular flexibility index (Phi) is 7.71. The fourth-order valence-electron chi connectivity index (χ4n) is 7.43. The summed E-state index contributed by atoms with van der Waals surface area (Å²) >= 11 is 5.86. The van der Waals surface area contributed by atoms with Crippen LogP contribution in [0.3, 0.4) is 0 Å². The van der Waals surface area contributed by atoms with E-state index in [2.05, 4.69) is 28.0 Å². The number of halogens is 1. The van der Waals surface area contributed by atoms with Gasteiger partial charge in [-0.05, 0) is 127 Å². The summed E-state index contributed by atoms with van der Waals surface area (Å²) < 4.78 is 11.2. The van der Waals surface area contributed by atoms with Gasteiger partial charge in [-0.3, -0.25) is 9.59 Å². The molecule has 2 N–H and O–H groups in total. The van der Waals surface area contributed by atoms with Crippen molar-refractivity contribution < 1.29 is 19.1 Å². The van der Waals surface area contributed by atoms with Crippen LogP contribution in [0.1, 0.15) is 60.0 Å². The molecule has 212 valence electrons. The molecule has 7 nitrogen and oxygen atoms in total. The molecule has 4 fully saturated rings. The number of ether oxygens (including phenoxy) is 2. The second-order valence-electron chi connectivity index (χ2n) is 11.7. The molecule has 7 rings (SSSR count). The number of rotatable bonds is 9. The maximum Gasteiger partial charge on any atom is 0.271 e. The number of nitrogens with one attached hydrogen (secondary N) is 2. The maximum atomic E-state index is 12.7. The van der Waals surface area contributed by atoms with Crippen LogP contribution in [0, 0.1) is 17.8 Å². The Morgan fingerprint density at radius 3 is 2.22 bits per heavy atom. The van der Waals surface area contributed by atoms with E-state index in [-0.39, 0.29) is 18.4 Å². The zero-order valence-electron chi connectivity index (χ0n) is 23.1. The molecular formula is C33H34ClN3O4. The summed E-state index contributed by atoms with van der Waals surface area (Å²) in [5.41, 5.74) is 6.17. The van der Waals surface area contributed by atoms with Crippen molar-refractivity contribution in [1.82, 2.24) is 5.43 Å². The standard InChI is InChI=1S/C33H34ClN3O4/c1-40-30-15-21(19-35-37-32(39)25-3-7-27(34)8-4-25)2-11-29(30)41-20-31(38)36-28-9-5-26(6-10-28)33-16-22-12-23(17-33)14-24(13-22)18-33/h2-11,15,19,22-24H,12-14,16-18,20H2,1H3,(H,36,38)(H,37,39)/b35-19+. The molecule has 0 saturated heterocycles. The molecule has 4 aliphatic carbocycles. The highest BCUT2D eigenvalue weighted by Gasteiger charge is 2.51. The highest BCUT2D eigenvalue weighted by atomic mass is 35.5. The number of hydrogen-bond donors (Lipinski definition) is 2. The summed E-state index contributed by atoms with van der Waals surface area (Å²) in [5, 5.41) is 7.50. The van der Waals surface area contributed by atoms with Gasteiger partial charge in [-0.15, -0.1) is 0 Å². The van der Waals surface area contributed by atoms with Gasteiger partial charge in [-0.2, -0.15) is 5.10 Å². The summed E-state index contributed by atoms with van der Waals surface area (Å²) in [6, 6.07) is 20.2. The van der Waals surface area contributed by atoms with Gasteiger partial charge in [0.1, 0.15) is 0 Å². The van der Waals surface area contributed by atoms with Gasteiger partial charge in [-0.1, -0.05) is 23.7 Å². The average Bonchev–Trinajstić information content (AvgIpc) is 2.96. The molecule has 0 atom stereocenters. The van der Waals surface area contributed by atoms with Gasteiger partial charge >= 0.3 is 0 Å². The zero-order valence-corrected chi connectivity index (χ0v) is 23.8. The van der Waals surface area contributed by atoms with Crippen molar-refractivity contribution in [1.29, 1.82) is 0 Å². The number of benzene rings is 3. The Balaban J connectivity index is 1.01. The molecule has 0 aliphatic heterocycles. The van der Waals surface area contributed by atoms with Crippen LogP contribution < -0.4 is 20.2 Å². The molecule has 0 aromatic heterocycles. The number of hydrazone groups is 1. The number of anilines is 1. The van der Waals surface area contributed by atoms with Crippen molar-refractivity contribution in [2.24, 2.45) is 22.9 Å². The second kappa shape index (κ2) is 11.6. The first-order chi connectivity index (χ1) is 19.9. The highest BCUT2D eigenvalue weighted by molar-refractivity contribution is 6.30. The highest BCUT2D eigenvalue weighted by Crippen LogP contribution is 2.60. The summed E-state index contributed by atoms with van der Waals surface area (Å²) in [4.78, 5) is 24.9. The molecule has 8 heteroatoms. The van der Waals surface area contributed by atoms with Crippen molar-refractivity contribution in [3.63, 3.8) is 0 Å². The van der Waals surface area contributed by atoms with Crippen molar-refractivity contribution >= 4 is 35.3 Å². The molecule has 3 aromatic carbocycles. The molecule has 3 aromatic rings. The van der Waals surface area contributed by atoms with Crippen LogP contribution in [-0.2, 0) is 10.2 Å². The second-order valence-corrected chi connectivity index (χ2v) is 12.2. The third kappa shape index (κ3) is 6.10. The SMILES string of the molecule is COc1cc(/C=N/NC(=O)c2ccc(Cl)cc2)ccc1OCC(=O)Nc1ccc(C23CC4CC(CC(C4)C2)C3)cc1. The third-order valence-corrected chi connectivity index (χ3v) is 9.10. The van der Waals surface area contributed by atoms with E-state index in [1.807, 2.05) is 12.1 Å². The Hall–Kier alpha value is -3.84. The van der Waals surface area contributed by atoms with E-state index in [1.54, 1.807) is 42.5 Å². The molecule has 4 aliphatic rings. The number of methoxy groups -OCH3 is 1. The molecule has 0 spiro atoms. The van der Waals surface area contributed by atoms with E-state index in [9.17, 15) is 9.59 Å². The molecule has 4 saturated carbocycles. The minimum Gasteiger partial charge on any atom is -0.493 e. The number of amides is 2. The Bertz CT molecular complexity index is 1420. The van der Waals surface area contributed by atoms with E-state index in [4.69, 9.17) is 21.1 Å². The van der Waals surface area contributed by atoms with Crippen LogP contribution in [0.15, 0.2) is 71.8 Å². The molecule has 41 heavy (non-hydrogen) atoms. The maximum absolute atomic E-state index is 12.7. The van der Waals surface area contributed by atoms with Crippen molar-refractivity contribution in [2.75, 3.05) is 19.0 Å². The first-order valence-electron chi connectivity index (χ1n) is 14.2. The molecule has 2 amide bonds. The van der Waals surface area contributed by atoms with Crippen molar-refractivity contribution in [2.45, 2.75) is 43.9 Å². The van der Waals surface area contributed by atoms with Crippen LogP contribution in [0.2, 0.25) is 5.02 Å². The summed E-state index contributed by atoms with van der Waals surface area (Å²) in [7, 11) is 1.52. The van der Waals surface area contributed by atoms with Crippen LogP contribution in [0.4, 0.5) is 5.69 Å². The first-order valence-corrected chi connectivity index (χ1v) is 14.6. The normalized spacial score (nSPS) is 24.3. The first kappa shape index (κ1) is 27.3. The van der Waals surface area contributed by atoms with E-state index < -0.39 is 0 Å². The number of carbonyl (C=O) groups excluding carboxylic acids is 2. The fraction of sp³-hybridized carbons (Fsp3) is 0.364. The van der Waals surface area contributed by atoms with Gasteiger partial charge in [0.25, 0.3) is 11.8 Å². The summed E-state index contributed by atoms with van der Waals surface area (Å²) in [5.74, 6) is 2.99. The van der Waals surface area contributed by atoms with Gasteiger partial charge < -0.3 is 14.8 Å². The average molecular weight is 572 g/mol. The quantitative estimate of drug-likeness (QED) is 0.224. The van der Waals surface area contributed by atoms with Crippen LogP contribution >= 0.6 is 11.6 Å². The lowest BCUT2D eigenvalue weighted by atomic mass is 9.48. The van der Waals surface area contributed by atoms with Gasteiger partial charge in [0.05, 0.1) is 13.3 Å². The Morgan fingerprint density at radius 2 is 1.59 bits per heavy atom. The molecule has 4 bridgehead atoms. The van der Waals surface area contributed by atoms with Crippen LogP contribution in [0.25, 0.3) is 0 Å². The van der Waals surface area contributed by atoms with Crippen molar-refractivity contribution in [3.8, 4) is 11.5 Å². The predicted molar refractivity (Wildman–Crippen MR) is 160 cm³/mol. The smallest absolute Gasteiger partial charge is 0.271 e. The fourth-order valence-corrected chi connectivity index (χ4v) is 7.55. The zero-order chi connectivity index (χ0) is 28.4. The lowest BCUT2D eigenvalue weighted by Crippen LogP contribution is -2.48. The lowest BCUT2D eigenvalue weighted by Gasteiger charge is -2.57. The third-order valence-electron chi connectivity index (χ3n) is 8.85. The predicted octanol–water partition coefficient (Wildman–Crippen LogP) is 6.60. The largest absolute Gasteiger partial charge is 0.493 e. The lowest BCUT2D eigenvalue weighted by molar-refractivity contribution is -0.118. The van der Waals surface area contributed by atoms with Gasteiger partial charge in [0.2, 0.25) is 0 Å². The topological polar surface area (TPSA) is 89.0 Å². The number of hydrogen-bond acceptors (Lipinski definition) is 5. The van der Waals surface area contributed by atoms with Crippen LogP contribution in [0.5, 0.6) is 11.5 Å². The minimum atomic E-state index is -0.349. The number of carbonyl (C=O) groups is 2. The molecule has 0 unspecified atom stereocenters. The Morgan fingerprint density at radius 1 is 0.927 bits per heavy atom. The molecule has 0 heterocycles. The van der Waals surface area contributed by atoms with Gasteiger partial charge in [-0.25, -0.2) is 5.43 Å². The monoisotopic (exact) mass is 571 g/mol. The molecular weight excluding hydrogens is 538 g/mol. The Labute approximate surface area is 245 Å². The van der Waals surface area contributed by atoms with E-state index >= 15 is 0 Å². The number of nitrogens with zero attached hydrogens (tertiary/aromatic N) is 1. The van der Waals surface area contributed by atoms with E-state index in [0.29, 0.717) is 33.1 Å². The summed E-state index contributed by atoms with van der Waals surface area (Å²) in [6.45, 7) is -0.155. The van der Waals surface area contributed by atoms with E-state index in [1.165, 1.54) is 57.4 Å². The van der Waals surface area contributed by atoms with Crippen molar-refractivity contribution in [3.05, 3.63) is 88.4 Å². The van der Waals surface area contributed by atoms with Crippen LogP contribution in [-0.4, -0.2) is 31.7 Å². The minimum absolute atomic E-state index is 0.155. The summed E-state index contributed by atoms with van der Waals surface area (Å²) in [6.07, 6.45) is 9.75. The van der Waals surface area contributed by atoms with Gasteiger partial charge in [0.15, 0.2) is 18.1 Å². The molecule has 0 radical (unpaired) electrons. The van der Waals surface area contributed by atoms with Gasteiger partial charge in [0, 0.05) is 16.3 Å².